The number of carboxylic acid groups (broad SMARTS) is 1. The number of aliphatic carboxylic acids is 1. The highest BCUT2D eigenvalue weighted by molar-refractivity contribution is 6.32. The zero-order chi connectivity index (χ0) is 21.4. The number of hydrazone groups is 1. The maximum absolute atomic E-state index is 12.2. The van der Waals surface area contributed by atoms with Crippen molar-refractivity contribution >= 4 is 29.7 Å². The lowest BCUT2D eigenvalue weighted by Crippen LogP contribution is -2.17. The Kier molecular flexibility index (Phi) is 7.67. The zero-order valence-electron chi connectivity index (χ0n) is 15.9. The molecule has 2 aromatic rings. The van der Waals surface area contributed by atoms with Crippen LogP contribution in [-0.2, 0) is 4.79 Å². The van der Waals surface area contributed by atoms with Crippen molar-refractivity contribution in [1.82, 2.24) is 5.43 Å². The lowest BCUT2D eigenvalue weighted by atomic mass is 10.2. The molecule has 154 valence electrons. The van der Waals surface area contributed by atoms with Gasteiger partial charge in [-0.15, -0.1) is 0 Å². The molecule has 2 rings (SSSR count). The molecule has 10 heteroatoms. The van der Waals surface area contributed by atoms with E-state index in [1.54, 1.807) is 12.1 Å². The lowest BCUT2D eigenvalue weighted by molar-refractivity contribution is -0.139. The third-order valence-corrected chi connectivity index (χ3v) is 3.90. The fourth-order valence-electron chi connectivity index (χ4n) is 2.30. The van der Waals surface area contributed by atoms with E-state index >= 15 is 0 Å². The third kappa shape index (κ3) is 5.76. The Bertz CT molecular complexity index is 931. The second-order valence-electron chi connectivity index (χ2n) is 5.49. The van der Waals surface area contributed by atoms with Crippen molar-refractivity contribution in [3.05, 3.63) is 46.5 Å². The maximum atomic E-state index is 12.2. The summed E-state index contributed by atoms with van der Waals surface area (Å²) in [6.45, 7) is -0.565. The molecule has 0 bridgehead atoms. The Labute approximate surface area is 171 Å². The lowest BCUT2D eigenvalue weighted by Gasteiger charge is -2.11. The normalized spacial score (nSPS) is 10.5. The van der Waals surface area contributed by atoms with Crippen LogP contribution in [0.3, 0.4) is 0 Å². The Hall–Kier alpha value is -3.46. The number of hydrogen-bond acceptors (Lipinski definition) is 7. The van der Waals surface area contributed by atoms with E-state index in [9.17, 15) is 9.59 Å². The predicted molar refractivity (Wildman–Crippen MR) is 106 cm³/mol. The molecular weight excluding hydrogens is 404 g/mol. The van der Waals surface area contributed by atoms with Gasteiger partial charge in [-0.2, -0.15) is 5.10 Å². The summed E-state index contributed by atoms with van der Waals surface area (Å²) in [5, 5.41) is 12.8. The van der Waals surface area contributed by atoms with Crippen molar-refractivity contribution in [2.24, 2.45) is 5.10 Å². The van der Waals surface area contributed by atoms with Gasteiger partial charge in [0.2, 0.25) is 0 Å². The molecule has 0 spiro atoms. The SMILES string of the molecule is COc1ccc(C(=O)N/N=C/c2cc(Cl)c(OCC(=O)O)c(OC)c2)cc1OC. The van der Waals surface area contributed by atoms with Gasteiger partial charge in [0.05, 0.1) is 32.6 Å². The van der Waals surface area contributed by atoms with Crippen molar-refractivity contribution in [2.45, 2.75) is 0 Å². The molecule has 0 radical (unpaired) electrons. The van der Waals surface area contributed by atoms with Gasteiger partial charge in [0, 0.05) is 5.56 Å². The molecule has 1 amide bonds. The molecule has 0 saturated heterocycles. The van der Waals surface area contributed by atoms with Gasteiger partial charge in [0.1, 0.15) is 0 Å². The molecule has 0 atom stereocenters. The maximum Gasteiger partial charge on any atom is 0.341 e. The molecule has 0 saturated carbocycles. The molecule has 2 aromatic carbocycles. The minimum atomic E-state index is -1.15. The summed E-state index contributed by atoms with van der Waals surface area (Å²) >= 11 is 6.12. The first-order valence-corrected chi connectivity index (χ1v) is 8.55. The van der Waals surface area contributed by atoms with Crippen LogP contribution in [0.1, 0.15) is 15.9 Å². The monoisotopic (exact) mass is 422 g/mol. The Morgan fingerprint density at radius 3 is 2.38 bits per heavy atom. The summed E-state index contributed by atoms with van der Waals surface area (Å²) in [6, 6.07) is 7.74. The van der Waals surface area contributed by atoms with Gasteiger partial charge in [-0.05, 0) is 35.9 Å². The fourth-order valence-corrected chi connectivity index (χ4v) is 2.57. The number of hydrogen-bond donors (Lipinski definition) is 2. The highest BCUT2D eigenvalue weighted by Gasteiger charge is 2.13. The average Bonchev–Trinajstić information content (AvgIpc) is 2.71. The molecule has 29 heavy (non-hydrogen) atoms. The number of nitrogens with one attached hydrogen (secondary N) is 1. The largest absolute Gasteiger partial charge is 0.493 e. The molecule has 0 heterocycles. The van der Waals surface area contributed by atoms with E-state index in [1.165, 1.54) is 45.7 Å². The van der Waals surface area contributed by atoms with Crippen LogP contribution in [0.25, 0.3) is 0 Å². The number of carbonyl (C=O) groups is 2. The fraction of sp³-hybridized carbons (Fsp3) is 0.211. The molecule has 2 N–H and O–H groups in total. The summed E-state index contributed by atoms with van der Waals surface area (Å²) in [7, 11) is 4.36. The number of rotatable bonds is 9. The van der Waals surface area contributed by atoms with E-state index in [0.717, 1.165) is 0 Å². The molecule has 0 aromatic heterocycles. The third-order valence-electron chi connectivity index (χ3n) is 3.62. The van der Waals surface area contributed by atoms with Crippen molar-refractivity contribution < 1.29 is 33.6 Å². The molecule has 0 unspecified atom stereocenters. The van der Waals surface area contributed by atoms with Crippen LogP contribution in [0.5, 0.6) is 23.0 Å². The Balaban J connectivity index is 2.12. The summed E-state index contributed by atoms with van der Waals surface area (Å²) in [6.07, 6.45) is 1.36. The van der Waals surface area contributed by atoms with Crippen LogP contribution < -0.4 is 24.4 Å². The average molecular weight is 423 g/mol. The quantitative estimate of drug-likeness (QED) is 0.471. The smallest absolute Gasteiger partial charge is 0.341 e. The van der Waals surface area contributed by atoms with Crippen LogP contribution >= 0.6 is 11.6 Å². The van der Waals surface area contributed by atoms with Crippen molar-refractivity contribution in [1.29, 1.82) is 0 Å². The number of carboxylic acids is 1. The summed E-state index contributed by atoms with van der Waals surface area (Å²) in [5.74, 6) is -0.361. The molecule has 0 aliphatic rings. The van der Waals surface area contributed by atoms with Crippen LogP contribution in [-0.4, -0.2) is 51.1 Å². The van der Waals surface area contributed by atoms with Gasteiger partial charge in [-0.25, -0.2) is 10.2 Å². The number of amides is 1. The summed E-state index contributed by atoms with van der Waals surface area (Å²) < 4.78 is 20.6. The summed E-state index contributed by atoms with van der Waals surface area (Å²) in [4.78, 5) is 22.9. The van der Waals surface area contributed by atoms with Crippen LogP contribution in [0.2, 0.25) is 5.02 Å². The second-order valence-corrected chi connectivity index (χ2v) is 5.89. The molecule has 0 aliphatic carbocycles. The van der Waals surface area contributed by atoms with Crippen LogP contribution in [0.4, 0.5) is 0 Å². The van der Waals surface area contributed by atoms with E-state index in [4.69, 9.17) is 35.7 Å². The van der Waals surface area contributed by atoms with Crippen molar-refractivity contribution in [3.8, 4) is 23.0 Å². The Morgan fingerprint density at radius 1 is 1.07 bits per heavy atom. The van der Waals surface area contributed by atoms with Gasteiger partial charge < -0.3 is 24.1 Å². The first-order chi connectivity index (χ1) is 13.9. The molecule has 9 nitrogen and oxygen atoms in total. The van der Waals surface area contributed by atoms with E-state index in [2.05, 4.69) is 10.5 Å². The predicted octanol–water partition coefficient (Wildman–Crippen LogP) is 2.59. The Morgan fingerprint density at radius 2 is 1.76 bits per heavy atom. The number of nitrogens with zero attached hydrogens (tertiary/aromatic N) is 1. The number of halogens is 1. The minimum Gasteiger partial charge on any atom is -0.493 e. The number of carbonyl (C=O) groups excluding carboxylic acids is 1. The van der Waals surface area contributed by atoms with Crippen molar-refractivity contribution in [2.75, 3.05) is 27.9 Å². The van der Waals surface area contributed by atoms with E-state index < -0.39 is 18.5 Å². The van der Waals surface area contributed by atoms with Gasteiger partial charge in [-0.3, -0.25) is 4.79 Å². The van der Waals surface area contributed by atoms with Crippen LogP contribution in [0.15, 0.2) is 35.4 Å². The molecule has 0 aliphatic heterocycles. The minimum absolute atomic E-state index is 0.100. The van der Waals surface area contributed by atoms with Gasteiger partial charge in [-0.1, -0.05) is 11.6 Å². The number of benzene rings is 2. The standard InChI is InChI=1S/C19H19ClN2O7/c1-26-14-5-4-12(8-15(14)27-2)19(25)22-21-9-11-6-13(20)18(16(7-11)28-3)29-10-17(23)24/h4-9H,10H2,1-3H3,(H,22,25)(H,23,24)/b21-9+. The zero-order valence-corrected chi connectivity index (χ0v) is 16.6. The molecular formula is C19H19ClN2O7. The van der Waals surface area contributed by atoms with Crippen LogP contribution in [0, 0.1) is 0 Å². The van der Waals surface area contributed by atoms with E-state index in [0.29, 0.717) is 22.6 Å². The number of ether oxygens (including phenoxy) is 4. The first kappa shape index (κ1) is 21.8. The van der Waals surface area contributed by atoms with Crippen molar-refractivity contribution in [3.63, 3.8) is 0 Å². The number of methoxy groups -OCH3 is 3. The molecule has 0 fully saturated rings. The van der Waals surface area contributed by atoms with E-state index in [1.807, 2.05) is 0 Å². The summed E-state index contributed by atoms with van der Waals surface area (Å²) in [5.41, 5.74) is 3.22. The first-order valence-electron chi connectivity index (χ1n) is 8.17. The van der Waals surface area contributed by atoms with Gasteiger partial charge in [0.15, 0.2) is 29.6 Å². The van der Waals surface area contributed by atoms with E-state index in [-0.39, 0.29) is 16.5 Å². The van der Waals surface area contributed by atoms with Gasteiger partial charge in [0.25, 0.3) is 5.91 Å². The second kappa shape index (κ2) is 10.2. The van der Waals surface area contributed by atoms with Gasteiger partial charge >= 0.3 is 5.97 Å². The topological polar surface area (TPSA) is 116 Å². The highest BCUT2D eigenvalue weighted by atomic mass is 35.5. The highest BCUT2D eigenvalue weighted by Crippen LogP contribution is 2.36.